The fourth-order valence-corrected chi connectivity index (χ4v) is 0.931. The predicted molar refractivity (Wildman–Crippen MR) is 42.8 cm³/mol. The van der Waals surface area contributed by atoms with Gasteiger partial charge in [0.05, 0.1) is 5.60 Å². The van der Waals surface area contributed by atoms with E-state index in [1.165, 1.54) is 0 Å². The molecule has 2 nitrogen and oxygen atoms in total. The van der Waals surface area contributed by atoms with E-state index in [4.69, 9.17) is 5.11 Å². The molecule has 0 aliphatic heterocycles. The van der Waals surface area contributed by atoms with Crippen LogP contribution >= 0.6 is 0 Å². The number of hydrogen-bond donors (Lipinski definition) is 1. The fourth-order valence-electron chi connectivity index (χ4n) is 0.931. The lowest BCUT2D eigenvalue weighted by atomic mass is 9.95. The third-order valence-electron chi connectivity index (χ3n) is 2.06. The summed E-state index contributed by atoms with van der Waals surface area (Å²) in [5, 5.41) is 8.24. The molecule has 0 saturated carbocycles. The van der Waals surface area contributed by atoms with Crippen molar-refractivity contribution in [3.05, 3.63) is 0 Å². The van der Waals surface area contributed by atoms with E-state index < -0.39 is 30.0 Å². The predicted octanol–water partition coefficient (Wildman–Crippen LogP) is 2.66. The molecule has 0 spiro atoms. The molecule has 0 aliphatic carbocycles. The largest absolute Gasteiger partial charge is 0.454 e. The van der Waals surface area contributed by atoms with Crippen molar-refractivity contribution in [3.63, 3.8) is 0 Å². The number of alkyl halides is 6. The van der Waals surface area contributed by atoms with Gasteiger partial charge >= 0.3 is 18.0 Å². The van der Waals surface area contributed by atoms with Gasteiger partial charge in [-0.2, -0.15) is 26.3 Å². The van der Waals surface area contributed by atoms with E-state index in [9.17, 15) is 26.3 Å². The lowest BCUT2D eigenvalue weighted by Gasteiger charge is -2.35. The first-order valence-electron chi connectivity index (χ1n) is 4.18. The van der Waals surface area contributed by atoms with Crippen LogP contribution in [-0.4, -0.2) is 35.8 Å². The van der Waals surface area contributed by atoms with Crippen LogP contribution < -0.4 is 0 Å². The summed E-state index contributed by atoms with van der Waals surface area (Å²) >= 11 is 0. The van der Waals surface area contributed by atoms with Crippen molar-refractivity contribution in [3.8, 4) is 0 Å². The Kier molecular flexibility index (Phi) is 3.94. The molecule has 98 valence electrons. The Morgan fingerprint density at radius 1 is 1.00 bits per heavy atom. The van der Waals surface area contributed by atoms with Gasteiger partial charge in [-0.15, -0.1) is 0 Å². The molecule has 1 atom stereocenters. The van der Waals surface area contributed by atoms with Gasteiger partial charge in [-0.3, -0.25) is 0 Å². The molecule has 0 heterocycles. The molecule has 1 N–H and O–H groups in total. The highest BCUT2D eigenvalue weighted by Crippen LogP contribution is 2.46. The van der Waals surface area contributed by atoms with Gasteiger partial charge in [0.25, 0.3) is 0 Å². The SMILES string of the molecule is COC(C)(C)CC(F)(F)C(O)(F)C(F)(F)F. The Labute approximate surface area is 88.2 Å². The topological polar surface area (TPSA) is 29.5 Å². The van der Waals surface area contributed by atoms with E-state index in [1.54, 1.807) is 0 Å². The van der Waals surface area contributed by atoms with Crippen molar-refractivity contribution in [2.45, 2.75) is 43.8 Å². The quantitative estimate of drug-likeness (QED) is 0.781. The van der Waals surface area contributed by atoms with Crippen molar-refractivity contribution in [1.29, 1.82) is 0 Å². The summed E-state index contributed by atoms with van der Waals surface area (Å²) in [6.07, 6.45) is -7.68. The second kappa shape index (κ2) is 4.06. The summed E-state index contributed by atoms with van der Waals surface area (Å²) in [5.41, 5.74) is -1.70. The van der Waals surface area contributed by atoms with Crippen LogP contribution in [0.4, 0.5) is 26.3 Å². The molecule has 8 heteroatoms. The average Bonchev–Trinajstić information content (AvgIpc) is 2.00. The first-order valence-corrected chi connectivity index (χ1v) is 4.18. The molecule has 0 radical (unpaired) electrons. The Morgan fingerprint density at radius 3 is 1.62 bits per heavy atom. The molecule has 16 heavy (non-hydrogen) atoms. The van der Waals surface area contributed by atoms with Crippen LogP contribution in [0.5, 0.6) is 0 Å². The maximum absolute atomic E-state index is 13.0. The van der Waals surface area contributed by atoms with Crippen LogP contribution in [0.15, 0.2) is 0 Å². The number of halogens is 6. The molecule has 0 aliphatic rings. The first kappa shape index (κ1) is 15.5. The highest BCUT2D eigenvalue weighted by atomic mass is 19.4. The van der Waals surface area contributed by atoms with E-state index in [2.05, 4.69) is 4.74 Å². The van der Waals surface area contributed by atoms with Gasteiger partial charge in [0, 0.05) is 13.5 Å². The number of aliphatic hydroxyl groups is 1. The van der Waals surface area contributed by atoms with E-state index >= 15 is 0 Å². The molecular formula is C8H12F6O2. The van der Waals surface area contributed by atoms with Gasteiger partial charge in [-0.25, -0.2) is 0 Å². The zero-order valence-electron chi connectivity index (χ0n) is 8.83. The maximum Gasteiger partial charge on any atom is 0.454 e. The smallest absolute Gasteiger partial charge is 0.379 e. The minimum atomic E-state index is -6.07. The van der Waals surface area contributed by atoms with Crippen molar-refractivity contribution in [1.82, 2.24) is 0 Å². The Morgan fingerprint density at radius 2 is 1.38 bits per heavy atom. The van der Waals surface area contributed by atoms with Gasteiger partial charge in [0.1, 0.15) is 0 Å². The molecule has 0 saturated heterocycles. The minimum Gasteiger partial charge on any atom is -0.379 e. The van der Waals surface area contributed by atoms with Gasteiger partial charge in [-0.1, -0.05) is 0 Å². The van der Waals surface area contributed by atoms with Crippen LogP contribution in [0, 0.1) is 0 Å². The first-order chi connectivity index (χ1) is 6.77. The molecule has 0 aromatic heterocycles. The monoisotopic (exact) mass is 254 g/mol. The Balaban J connectivity index is 5.07. The number of ether oxygens (including phenoxy) is 1. The second-order valence-electron chi connectivity index (χ2n) is 3.96. The Bertz CT molecular complexity index is 245. The zero-order valence-corrected chi connectivity index (χ0v) is 8.83. The number of rotatable bonds is 4. The summed E-state index contributed by atoms with van der Waals surface area (Å²) in [7, 11) is 0.987. The summed E-state index contributed by atoms with van der Waals surface area (Å²) in [6, 6.07) is 0. The summed E-state index contributed by atoms with van der Waals surface area (Å²) in [5.74, 6) is -10.6. The third kappa shape index (κ3) is 3.00. The molecular weight excluding hydrogens is 242 g/mol. The van der Waals surface area contributed by atoms with E-state index in [-0.39, 0.29) is 0 Å². The molecule has 0 aromatic rings. The van der Waals surface area contributed by atoms with Gasteiger partial charge in [-0.05, 0) is 13.8 Å². The lowest BCUT2D eigenvalue weighted by molar-refractivity contribution is -0.390. The van der Waals surface area contributed by atoms with Gasteiger partial charge < -0.3 is 9.84 Å². The highest BCUT2D eigenvalue weighted by molar-refractivity contribution is 4.94. The van der Waals surface area contributed by atoms with Crippen molar-refractivity contribution in [2.75, 3.05) is 7.11 Å². The molecule has 0 fully saturated rings. The molecule has 1 unspecified atom stereocenters. The number of methoxy groups -OCH3 is 1. The molecule has 0 rings (SSSR count). The standard InChI is InChI=1S/C8H12F6O2/c1-5(2,16-3)4-6(9,10)7(11,15)8(12,13)14/h15H,4H2,1-3H3. The van der Waals surface area contributed by atoms with Crippen molar-refractivity contribution < 1.29 is 36.2 Å². The average molecular weight is 254 g/mol. The van der Waals surface area contributed by atoms with E-state index in [0.29, 0.717) is 0 Å². The van der Waals surface area contributed by atoms with Crippen LogP contribution in [0.2, 0.25) is 0 Å². The lowest BCUT2D eigenvalue weighted by Crippen LogP contribution is -2.57. The summed E-state index contributed by atoms with van der Waals surface area (Å²) in [6.45, 7) is 2.10. The zero-order chi connectivity index (χ0) is 13.4. The van der Waals surface area contributed by atoms with Gasteiger partial charge in [0.15, 0.2) is 0 Å². The number of hydrogen-bond acceptors (Lipinski definition) is 2. The van der Waals surface area contributed by atoms with Crippen LogP contribution in [-0.2, 0) is 4.74 Å². The van der Waals surface area contributed by atoms with E-state index in [1.807, 2.05) is 0 Å². The molecule has 0 bridgehead atoms. The molecule has 0 amide bonds. The summed E-state index contributed by atoms with van der Waals surface area (Å²) in [4.78, 5) is 0. The van der Waals surface area contributed by atoms with Crippen LogP contribution in [0.25, 0.3) is 0 Å². The second-order valence-corrected chi connectivity index (χ2v) is 3.96. The van der Waals surface area contributed by atoms with Crippen molar-refractivity contribution in [2.24, 2.45) is 0 Å². The minimum absolute atomic E-state index is 0.987. The fraction of sp³-hybridized carbons (Fsp3) is 1.00. The van der Waals surface area contributed by atoms with Crippen LogP contribution in [0.3, 0.4) is 0 Å². The van der Waals surface area contributed by atoms with Crippen molar-refractivity contribution >= 4 is 0 Å². The normalized spacial score (nSPS) is 18.4. The van der Waals surface area contributed by atoms with E-state index in [0.717, 1.165) is 21.0 Å². The summed E-state index contributed by atoms with van der Waals surface area (Å²) < 4.78 is 78.6. The van der Waals surface area contributed by atoms with Crippen LogP contribution in [0.1, 0.15) is 20.3 Å². The van der Waals surface area contributed by atoms with Gasteiger partial charge in [0.2, 0.25) is 0 Å². The maximum atomic E-state index is 13.0. The highest BCUT2D eigenvalue weighted by Gasteiger charge is 2.71. The third-order valence-corrected chi connectivity index (χ3v) is 2.06. The Hall–Kier alpha value is -0.500. The molecule has 0 aromatic carbocycles.